The summed E-state index contributed by atoms with van der Waals surface area (Å²) in [7, 11) is 0. The third-order valence-corrected chi connectivity index (χ3v) is 7.85. The predicted octanol–water partition coefficient (Wildman–Crippen LogP) is -0.540. The smallest absolute Gasteiger partial charge is 0.460 e. The van der Waals surface area contributed by atoms with Crippen LogP contribution in [0.25, 0.3) is 0 Å². The van der Waals surface area contributed by atoms with Gasteiger partial charge in [-0.25, -0.2) is 4.79 Å². The number of benzene rings is 1. The summed E-state index contributed by atoms with van der Waals surface area (Å²) in [5, 5.41) is 53.7. The Kier molecular flexibility index (Phi) is 12.0. The van der Waals surface area contributed by atoms with Crippen LogP contribution < -0.4 is 15.4 Å². The van der Waals surface area contributed by atoms with E-state index in [1.54, 1.807) is 0 Å². The normalized spacial score (nSPS) is 24.6. The van der Waals surface area contributed by atoms with E-state index >= 15 is 0 Å². The lowest BCUT2D eigenvalue weighted by atomic mass is 9.81. The average Bonchev–Trinajstić information content (AvgIpc) is 3.24. The molecule has 3 rings (SSSR count). The Balaban J connectivity index is 1.59. The first kappa shape index (κ1) is 34.7. The molecule has 0 radical (unpaired) electrons. The first-order valence-corrected chi connectivity index (χ1v) is 14.2. The standard InChI is InChI=1S/C28H39N3O13/c1-3-28(4-2)12-21(35)31(26(28)39)10-8-19(33)29-9-7-20(34)30-16-11-15(14-42-27(40)41)5-6-17(16)43-25-24(38)23(37)22(36)18(13-32)44-25/h5-6,11,18,22-25,32,36-38H,3-4,7-10,12-14H2,1-2H3,(H,29,33)(H,30,34)(H,40,41). The molecule has 0 spiro atoms. The molecule has 16 heteroatoms. The van der Waals surface area contributed by atoms with E-state index in [1.165, 1.54) is 18.2 Å². The molecule has 2 heterocycles. The summed E-state index contributed by atoms with van der Waals surface area (Å²) in [6.07, 6.45) is -8.56. The van der Waals surface area contributed by atoms with Crippen LogP contribution in [0.4, 0.5) is 10.5 Å². The van der Waals surface area contributed by atoms with Crippen molar-refractivity contribution in [2.75, 3.05) is 25.0 Å². The van der Waals surface area contributed by atoms with Gasteiger partial charge in [0, 0.05) is 32.4 Å². The topological polar surface area (TPSA) is 241 Å². The summed E-state index contributed by atoms with van der Waals surface area (Å²) in [6.45, 7) is 2.48. The Labute approximate surface area is 252 Å². The third kappa shape index (κ3) is 8.21. The number of hydrogen-bond acceptors (Lipinski definition) is 12. The quantitative estimate of drug-likeness (QED) is 0.102. The zero-order valence-corrected chi connectivity index (χ0v) is 24.4. The minimum Gasteiger partial charge on any atom is -0.460 e. The summed E-state index contributed by atoms with van der Waals surface area (Å²) in [5.74, 6) is -1.73. The van der Waals surface area contributed by atoms with Crippen LogP contribution in [0, 0.1) is 5.41 Å². The van der Waals surface area contributed by atoms with E-state index in [2.05, 4.69) is 15.4 Å². The number of amides is 4. The van der Waals surface area contributed by atoms with Gasteiger partial charge in [-0.3, -0.25) is 24.1 Å². The number of carboxylic acid groups (broad SMARTS) is 1. The number of nitrogens with zero attached hydrogens (tertiary/aromatic N) is 1. The van der Waals surface area contributed by atoms with Crippen molar-refractivity contribution in [3.05, 3.63) is 23.8 Å². The second kappa shape index (κ2) is 15.3. The van der Waals surface area contributed by atoms with E-state index in [0.29, 0.717) is 18.4 Å². The molecule has 7 N–H and O–H groups in total. The van der Waals surface area contributed by atoms with Gasteiger partial charge >= 0.3 is 6.16 Å². The fourth-order valence-corrected chi connectivity index (χ4v) is 5.02. The van der Waals surface area contributed by atoms with Crippen LogP contribution in [0.5, 0.6) is 5.75 Å². The minimum absolute atomic E-state index is 0.00571. The molecular formula is C28H39N3O13. The van der Waals surface area contributed by atoms with Crippen molar-refractivity contribution in [3.8, 4) is 5.75 Å². The van der Waals surface area contributed by atoms with Crippen molar-refractivity contribution in [3.63, 3.8) is 0 Å². The molecule has 0 saturated carbocycles. The molecule has 2 saturated heterocycles. The van der Waals surface area contributed by atoms with Crippen LogP contribution in [-0.4, -0.2) is 111 Å². The summed E-state index contributed by atoms with van der Waals surface area (Å²) in [5.41, 5.74) is -0.405. The number of nitrogens with one attached hydrogen (secondary N) is 2. The number of aliphatic hydroxyl groups excluding tert-OH is 4. The maximum atomic E-state index is 12.7. The van der Waals surface area contributed by atoms with Gasteiger partial charge < -0.3 is 50.4 Å². The highest BCUT2D eigenvalue weighted by Gasteiger charge is 2.49. The van der Waals surface area contributed by atoms with Crippen molar-refractivity contribution in [2.24, 2.45) is 5.41 Å². The SMILES string of the molecule is CCC1(CC)CC(=O)N(CCC(=O)NCCC(=O)Nc2cc(COC(=O)O)ccc2OC2OC(CO)C(O)C(O)C2O)C1=O. The van der Waals surface area contributed by atoms with Gasteiger partial charge in [-0.15, -0.1) is 0 Å². The number of carbonyl (C=O) groups excluding carboxylic acids is 4. The van der Waals surface area contributed by atoms with Gasteiger partial charge in [0.05, 0.1) is 17.7 Å². The molecule has 2 aliphatic rings. The van der Waals surface area contributed by atoms with E-state index in [1.807, 2.05) is 13.8 Å². The van der Waals surface area contributed by atoms with Crippen LogP contribution in [0.2, 0.25) is 0 Å². The van der Waals surface area contributed by atoms with Gasteiger partial charge in [0.15, 0.2) is 0 Å². The number of rotatable bonds is 14. The largest absolute Gasteiger partial charge is 0.506 e. The van der Waals surface area contributed by atoms with Crippen molar-refractivity contribution in [1.82, 2.24) is 10.2 Å². The molecule has 4 amide bonds. The molecule has 2 aliphatic heterocycles. The molecule has 0 aromatic heterocycles. The summed E-state index contributed by atoms with van der Waals surface area (Å²) >= 11 is 0. The molecule has 16 nitrogen and oxygen atoms in total. The van der Waals surface area contributed by atoms with Gasteiger partial charge in [0.25, 0.3) is 0 Å². The molecule has 1 aromatic rings. The third-order valence-electron chi connectivity index (χ3n) is 7.85. The minimum atomic E-state index is -1.73. The number of aliphatic hydroxyl groups is 4. The van der Waals surface area contributed by atoms with Crippen molar-refractivity contribution < 1.29 is 63.7 Å². The van der Waals surface area contributed by atoms with E-state index in [4.69, 9.17) is 14.6 Å². The van der Waals surface area contributed by atoms with Crippen molar-refractivity contribution in [1.29, 1.82) is 0 Å². The highest BCUT2D eigenvalue weighted by atomic mass is 16.7. The van der Waals surface area contributed by atoms with Crippen LogP contribution in [0.15, 0.2) is 18.2 Å². The monoisotopic (exact) mass is 625 g/mol. The second-order valence-corrected chi connectivity index (χ2v) is 10.6. The van der Waals surface area contributed by atoms with Crippen LogP contribution in [0.1, 0.15) is 51.5 Å². The molecule has 244 valence electrons. The van der Waals surface area contributed by atoms with E-state index in [9.17, 15) is 44.4 Å². The summed E-state index contributed by atoms with van der Waals surface area (Å²) in [4.78, 5) is 62.1. The molecular weight excluding hydrogens is 586 g/mol. The maximum absolute atomic E-state index is 12.7. The number of hydrogen-bond donors (Lipinski definition) is 7. The highest BCUT2D eigenvalue weighted by molar-refractivity contribution is 6.06. The first-order chi connectivity index (χ1) is 20.8. The number of carbonyl (C=O) groups is 5. The molecule has 5 atom stereocenters. The van der Waals surface area contributed by atoms with E-state index in [-0.39, 0.29) is 62.2 Å². The van der Waals surface area contributed by atoms with Crippen molar-refractivity contribution in [2.45, 2.75) is 83.3 Å². The highest BCUT2D eigenvalue weighted by Crippen LogP contribution is 2.39. The number of likely N-dealkylation sites (tertiary alicyclic amines) is 1. The Morgan fingerprint density at radius 3 is 2.36 bits per heavy atom. The van der Waals surface area contributed by atoms with Gasteiger partial charge in [-0.1, -0.05) is 19.9 Å². The van der Waals surface area contributed by atoms with Crippen LogP contribution >= 0.6 is 0 Å². The average molecular weight is 626 g/mol. The van der Waals surface area contributed by atoms with Gasteiger partial charge in [0.1, 0.15) is 36.8 Å². The van der Waals surface area contributed by atoms with Gasteiger partial charge in [0.2, 0.25) is 29.9 Å². The van der Waals surface area contributed by atoms with Crippen molar-refractivity contribution >= 4 is 35.5 Å². The molecule has 44 heavy (non-hydrogen) atoms. The second-order valence-electron chi connectivity index (χ2n) is 10.6. The lowest BCUT2D eigenvalue weighted by Crippen LogP contribution is -2.60. The zero-order valence-electron chi connectivity index (χ0n) is 24.4. The Hall–Kier alpha value is -3.83. The summed E-state index contributed by atoms with van der Waals surface area (Å²) in [6, 6.07) is 4.08. The van der Waals surface area contributed by atoms with Crippen LogP contribution in [0.3, 0.4) is 0 Å². The lowest BCUT2D eigenvalue weighted by Gasteiger charge is -2.39. The number of ether oxygens (including phenoxy) is 3. The fraction of sp³-hybridized carbons (Fsp3) is 0.607. The zero-order chi connectivity index (χ0) is 32.6. The lowest BCUT2D eigenvalue weighted by molar-refractivity contribution is -0.277. The summed E-state index contributed by atoms with van der Waals surface area (Å²) < 4.78 is 15.6. The Morgan fingerprint density at radius 1 is 1.05 bits per heavy atom. The van der Waals surface area contributed by atoms with Gasteiger partial charge in [-0.05, 0) is 30.5 Å². The van der Waals surface area contributed by atoms with Crippen LogP contribution in [-0.2, 0) is 35.3 Å². The van der Waals surface area contributed by atoms with E-state index in [0.717, 1.165) is 4.90 Å². The number of anilines is 1. The van der Waals surface area contributed by atoms with E-state index < -0.39 is 60.7 Å². The molecule has 5 unspecified atom stereocenters. The molecule has 0 bridgehead atoms. The molecule has 0 aliphatic carbocycles. The number of imide groups is 1. The maximum Gasteiger partial charge on any atom is 0.506 e. The Morgan fingerprint density at radius 2 is 1.75 bits per heavy atom. The molecule has 1 aromatic carbocycles. The molecule has 2 fully saturated rings. The predicted molar refractivity (Wildman–Crippen MR) is 149 cm³/mol. The first-order valence-electron chi connectivity index (χ1n) is 14.2. The fourth-order valence-electron chi connectivity index (χ4n) is 5.02. The Bertz CT molecular complexity index is 1220. The van der Waals surface area contributed by atoms with Gasteiger partial charge in [-0.2, -0.15) is 0 Å².